The lowest BCUT2D eigenvalue weighted by Crippen LogP contribution is -2.17. The molecule has 0 aliphatic carbocycles. The molecule has 3 aromatic rings. The van der Waals surface area contributed by atoms with Gasteiger partial charge in [0.1, 0.15) is 5.52 Å². The Labute approximate surface area is 143 Å². The van der Waals surface area contributed by atoms with E-state index < -0.39 is 0 Å². The molecular weight excluding hydrogens is 332 g/mol. The number of hydrogen-bond acceptors (Lipinski definition) is 4. The van der Waals surface area contributed by atoms with Gasteiger partial charge in [-0.3, -0.25) is 4.57 Å². The highest BCUT2D eigenvalue weighted by molar-refractivity contribution is 7.99. The SMILES string of the molecule is CCCSc1nc(Cl)c2[nH]c(=O)n(Cc3ccc(C)cc3)c2n1. The molecule has 1 N–H and O–H groups in total. The van der Waals surface area contributed by atoms with Crippen molar-refractivity contribution < 1.29 is 0 Å². The molecule has 1 aromatic carbocycles. The molecule has 0 saturated heterocycles. The first-order chi connectivity index (χ1) is 11.1. The number of hydrogen-bond donors (Lipinski definition) is 1. The fourth-order valence-electron chi connectivity index (χ4n) is 2.26. The number of aromatic amines is 1. The Kier molecular flexibility index (Phi) is 4.73. The number of aromatic nitrogens is 4. The first-order valence-corrected chi connectivity index (χ1v) is 8.79. The van der Waals surface area contributed by atoms with E-state index in [2.05, 4.69) is 21.9 Å². The number of nitrogens with zero attached hydrogens (tertiary/aromatic N) is 3. The molecule has 120 valence electrons. The molecule has 0 unspecified atom stereocenters. The van der Waals surface area contributed by atoms with Crippen LogP contribution in [-0.2, 0) is 6.54 Å². The van der Waals surface area contributed by atoms with E-state index in [1.165, 1.54) is 17.3 Å². The maximum absolute atomic E-state index is 12.3. The molecule has 0 radical (unpaired) electrons. The summed E-state index contributed by atoms with van der Waals surface area (Å²) in [6, 6.07) is 8.08. The molecule has 0 atom stereocenters. The predicted molar refractivity (Wildman–Crippen MR) is 94.5 cm³/mol. The molecule has 7 heteroatoms. The standard InChI is InChI=1S/C16H17ClN4OS/c1-3-8-23-15-19-13(17)12-14(20-15)21(16(22)18-12)9-11-6-4-10(2)5-7-11/h4-7H,3,8-9H2,1-2H3,(H,18,22). The minimum absolute atomic E-state index is 0.227. The van der Waals surface area contributed by atoms with Crippen LogP contribution in [0.1, 0.15) is 24.5 Å². The number of benzene rings is 1. The van der Waals surface area contributed by atoms with Gasteiger partial charge < -0.3 is 4.98 Å². The topological polar surface area (TPSA) is 63.6 Å². The number of nitrogens with one attached hydrogen (secondary N) is 1. The summed E-state index contributed by atoms with van der Waals surface area (Å²) in [4.78, 5) is 23.8. The Morgan fingerprint density at radius 2 is 2.00 bits per heavy atom. The molecule has 3 rings (SSSR count). The third kappa shape index (κ3) is 3.43. The molecule has 0 spiro atoms. The quantitative estimate of drug-likeness (QED) is 0.434. The third-order valence-corrected chi connectivity index (χ3v) is 4.78. The van der Waals surface area contributed by atoms with Crippen molar-refractivity contribution in [2.75, 3.05) is 5.75 Å². The van der Waals surface area contributed by atoms with E-state index in [1.54, 1.807) is 4.57 Å². The van der Waals surface area contributed by atoms with Gasteiger partial charge in [-0.15, -0.1) is 0 Å². The van der Waals surface area contributed by atoms with Crippen LogP contribution in [0.5, 0.6) is 0 Å². The van der Waals surface area contributed by atoms with E-state index in [0.29, 0.717) is 22.9 Å². The second-order valence-electron chi connectivity index (χ2n) is 5.35. The Morgan fingerprint density at radius 1 is 1.26 bits per heavy atom. The number of aryl methyl sites for hydroxylation is 1. The van der Waals surface area contributed by atoms with Gasteiger partial charge in [0.25, 0.3) is 0 Å². The van der Waals surface area contributed by atoms with Crippen LogP contribution in [0.15, 0.2) is 34.2 Å². The zero-order valence-corrected chi connectivity index (χ0v) is 14.5. The lowest BCUT2D eigenvalue weighted by Gasteiger charge is -2.05. The van der Waals surface area contributed by atoms with Crippen LogP contribution in [0.25, 0.3) is 11.2 Å². The summed E-state index contributed by atoms with van der Waals surface area (Å²) in [5, 5.41) is 0.884. The molecule has 0 aliphatic heterocycles. The van der Waals surface area contributed by atoms with Gasteiger partial charge in [0.05, 0.1) is 6.54 Å². The molecule has 5 nitrogen and oxygen atoms in total. The van der Waals surface area contributed by atoms with E-state index in [4.69, 9.17) is 11.6 Å². The van der Waals surface area contributed by atoms with Crippen LogP contribution in [-0.4, -0.2) is 25.3 Å². The van der Waals surface area contributed by atoms with Gasteiger partial charge in [0.2, 0.25) is 0 Å². The molecule has 0 fully saturated rings. The van der Waals surface area contributed by atoms with Gasteiger partial charge in [-0.1, -0.05) is 60.1 Å². The van der Waals surface area contributed by atoms with Crippen molar-refractivity contribution in [3.05, 3.63) is 51.0 Å². The van der Waals surface area contributed by atoms with Crippen molar-refractivity contribution >= 4 is 34.5 Å². The van der Waals surface area contributed by atoms with Gasteiger partial charge in [0.15, 0.2) is 16.0 Å². The predicted octanol–water partition coefficient (Wildman–Crippen LogP) is 3.63. The van der Waals surface area contributed by atoms with E-state index >= 15 is 0 Å². The Hall–Kier alpha value is -1.79. The van der Waals surface area contributed by atoms with Crippen molar-refractivity contribution in [1.29, 1.82) is 0 Å². The normalized spacial score (nSPS) is 11.3. The summed E-state index contributed by atoms with van der Waals surface area (Å²) < 4.78 is 1.60. The summed E-state index contributed by atoms with van der Waals surface area (Å²) >= 11 is 7.74. The minimum Gasteiger partial charge on any atom is -0.302 e. The summed E-state index contributed by atoms with van der Waals surface area (Å²) in [5.41, 5.74) is 3.04. The highest BCUT2D eigenvalue weighted by Crippen LogP contribution is 2.23. The summed E-state index contributed by atoms with van der Waals surface area (Å²) in [7, 11) is 0. The highest BCUT2D eigenvalue weighted by atomic mass is 35.5. The number of imidazole rings is 1. The van der Waals surface area contributed by atoms with Gasteiger partial charge in [-0.25, -0.2) is 14.8 Å². The lowest BCUT2D eigenvalue weighted by atomic mass is 10.1. The number of rotatable bonds is 5. The smallest absolute Gasteiger partial charge is 0.302 e. The first-order valence-electron chi connectivity index (χ1n) is 7.43. The van der Waals surface area contributed by atoms with Crippen LogP contribution in [0.4, 0.5) is 0 Å². The van der Waals surface area contributed by atoms with Crippen molar-refractivity contribution in [1.82, 2.24) is 19.5 Å². The molecule has 2 heterocycles. The molecule has 0 saturated carbocycles. The average molecular weight is 349 g/mol. The van der Waals surface area contributed by atoms with E-state index in [1.807, 2.05) is 31.2 Å². The van der Waals surface area contributed by atoms with Crippen LogP contribution >= 0.6 is 23.4 Å². The number of halogens is 1. The van der Waals surface area contributed by atoms with Crippen molar-refractivity contribution in [2.45, 2.75) is 32.0 Å². The zero-order valence-electron chi connectivity index (χ0n) is 13.0. The summed E-state index contributed by atoms with van der Waals surface area (Å²) in [5.74, 6) is 0.911. The maximum Gasteiger partial charge on any atom is 0.328 e. The molecule has 23 heavy (non-hydrogen) atoms. The highest BCUT2D eigenvalue weighted by Gasteiger charge is 2.14. The van der Waals surface area contributed by atoms with Gasteiger partial charge in [-0.2, -0.15) is 0 Å². The molecule has 0 aliphatic rings. The van der Waals surface area contributed by atoms with Crippen molar-refractivity contribution in [3.8, 4) is 0 Å². The van der Waals surface area contributed by atoms with Crippen LogP contribution in [0.3, 0.4) is 0 Å². The number of fused-ring (bicyclic) bond motifs is 1. The summed E-state index contributed by atoms with van der Waals surface area (Å²) in [6.45, 7) is 4.58. The van der Waals surface area contributed by atoms with E-state index in [0.717, 1.165) is 17.7 Å². The Bertz CT molecular complexity index is 885. The Morgan fingerprint density at radius 3 is 2.70 bits per heavy atom. The number of H-pyrrole nitrogens is 1. The molecule has 0 bridgehead atoms. The minimum atomic E-state index is -0.227. The van der Waals surface area contributed by atoms with Gasteiger partial charge in [0, 0.05) is 5.75 Å². The first kappa shape index (κ1) is 16.1. The molecular formula is C16H17ClN4OS. The van der Waals surface area contributed by atoms with Crippen LogP contribution in [0.2, 0.25) is 5.15 Å². The van der Waals surface area contributed by atoms with Crippen LogP contribution < -0.4 is 5.69 Å². The van der Waals surface area contributed by atoms with E-state index in [9.17, 15) is 4.79 Å². The largest absolute Gasteiger partial charge is 0.328 e. The second-order valence-corrected chi connectivity index (χ2v) is 6.77. The second kappa shape index (κ2) is 6.76. The number of thioether (sulfide) groups is 1. The molecule has 0 amide bonds. The summed E-state index contributed by atoms with van der Waals surface area (Å²) in [6.07, 6.45) is 1.02. The monoisotopic (exact) mass is 348 g/mol. The fraction of sp³-hybridized carbons (Fsp3) is 0.312. The van der Waals surface area contributed by atoms with Crippen molar-refractivity contribution in [3.63, 3.8) is 0 Å². The Balaban J connectivity index is 2.04. The fourth-order valence-corrected chi connectivity index (χ4v) is 3.21. The van der Waals surface area contributed by atoms with E-state index in [-0.39, 0.29) is 10.8 Å². The average Bonchev–Trinajstić information content (AvgIpc) is 2.84. The molecule has 2 aromatic heterocycles. The lowest BCUT2D eigenvalue weighted by molar-refractivity contribution is 0.771. The van der Waals surface area contributed by atoms with Crippen molar-refractivity contribution in [2.24, 2.45) is 0 Å². The zero-order chi connectivity index (χ0) is 16.4. The van der Waals surface area contributed by atoms with Gasteiger partial charge >= 0.3 is 5.69 Å². The van der Waals surface area contributed by atoms with Gasteiger partial charge in [-0.05, 0) is 18.9 Å². The van der Waals surface area contributed by atoms with Crippen LogP contribution in [0, 0.1) is 6.92 Å². The maximum atomic E-state index is 12.3. The third-order valence-electron chi connectivity index (χ3n) is 3.45.